The monoisotopic (exact) mass is 402 g/mol. The molecule has 0 saturated heterocycles. The van der Waals surface area contributed by atoms with Crippen LogP contribution in [0.25, 0.3) is 0 Å². The summed E-state index contributed by atoms with van der Waals surface area (Å²) in [5.74, 6) is -1.43. The molecule has 0 bridgehead atoms. The first-order valence-corrected chi connectivity index (χ1v) is 9.98. The minimum atomic E-state index is -3.41. The quantitative estimate of drug-likeness (QED) is 0.644. The average Bonchev–Trinajstić information content (AvgIpc) is 2.64. The minimum Gasteiger partial charge on any atom is -0.508 e. The molecule has 3 nitrogen and oxygen atoms in total. The van der Waals surface area contributed by atoms with Crippen LogP contribution in [-0.4, -0.2) is 10.2 Å². The van der Waals surface area contributed by atoms with Gasteiger partial charge in [-0.3, -0.25) is 0 Å². The highest BCUT2D eigenvalue weighted by molar-refractivity contribution is 9.10. The Bertz CT molecular complexity index is 838. The number of aromatic hydroxyl groups is 1. The van der Waals surface area contributed by atoms with E-state index in [1.165, 1.54) is 6.07 Å². The van der Waals surface area contributed by atoms with Crippen molar-refractivity contribution in [1.29, 1.82) is 0 Å². The Hall–Kier alpha value is -1.87. The fourth-order valence-electron chi connectivity index (χ4n) is 2.66. The van der Waals surface area contributed by atoms with E-state index in [-0.39, 0.29) is 11.3 Å². The number of hydrogen-bond donors (Lipinski definition) is 2. The molecule has 122 valence electrons. The molecule has 2 N–H and O–H groups in total. The molecule has 0 aromatic heterocycles. The van der Waals surface area contributed by atoms with Crippen molar-refractivity contribution in [2.75, 3.05) is 0 Å². The Balaban J connectivity index is 2.23. The van der Waals surface area contributed by atoms with Gasteiger partial charge in [-0.05, 0) is 18.2 Å². The number of phenolic OH excluding ortho intramolecular Hbond substituents is 1. The van der Waals surface area contributed by atoms with Gasteiger partial charge in [-0.15, -0.1) is 0 Å². The number of benzene rings is 3. The van der Waals surface area contributed by atoms with Crippen molar-refractivity contribution >= 4 is 33.7 Å². The average molecular weight is 403 g/mol. The van der Waals surface area contributed by atoms with Crippen molar-refractivity contribution in [1.82, 2.24) is 0 Å². The number of halogens is 1. The first-order chi connectivity index (χ1) is 11.5. The molecule has 3 rings (SSSR count). The molecule has 3 aromatic rings. The lowest BCUT2D eigenvalue weighted by molar-refractivity contribution is 0.251. The van der Waals surface area contributed by atoms with Gasteiger partial charge in [0, 0.05) is 20.6 Å². The lowest BCUT2D eigenvalue weighted by atomic mass is 10.2. The summed E-state index contributed by atoms with van der Waals surface area (Å²) in [6.07, 6.45) is 0. The largest absolute Gasteiger partial charge is 0.508 e. The molecule has 3 aromatic carbocycles. The fraction of sp³-hybridized carbons (Fsp3) is 0.0526. The molecule has 1 atom stereocenters. The fourth-order valence-corrected chi connectivity index (χ4v) is 5.73. The summed E-state index contributed by atoms with van der Waals surface area (Å²) in [6.45, 7) is 0. The summed E-state index contributed by atoms with van der Waals surface area (Å²) in [5.41, 5.74) is 0.236. The van der Waals surface area contributed by atoms with E-state index in [4.69, 9.17) is 0 Å². The minimum absolute atomic E-state index is 0.0854. The summed E-state index contributed by atoms with van der Waals surface area (Å²) >= 11 is 3.33. The second-order valence-corrected chi connectivity index (χ2v) is 9.16. The van der Waals surface area contributed by atoms with E-state index in [0.29, 0.717) is 15.1 Å². The van der Waals surface area contributed by atoms with Crippen molar-refractivity contribution in [3.8, 4) is 5.75 Å². The van der Waals surface area contributed by atoms with Crippen molar-refractivity contribution in [2.24, 2.45) is 0 Å². The molecule has 0 aliphatic rings. The van der Waals surface area contributed by atoms with Crippen LogP contribution in [0.4, 0.5) is 0 Å². The Morgan fingerprint density at radius 2 is 1.33 bits per heavy atom. The molecule has 24 heavy (non-hydrogen) atoms. The molecular weight excluding hydrogens is 387 g/mol. The van der Waals surface area contributed by atoms with Crippen LogP contribution in [0.1, 0.15) is 11.4 Å². The van der Waals surface area contributed by atoms with E-state index in [1.54, 1.807) is 60.7 Å². The lowest BCUT2D eigenvalue weighted by Gasteiger charge is -2.25. The van der Waals surface area contributed by atoms with Crippen molar-refractivity contribution in [3.05, 3.63) is 88.9 Å². The van der Waals surface area contributed by atoms with Gasteiger partial charge < -0.3 is 14.8 Å². The maximum Gasteiger partial charge on any atom is 0.174 e. The topological polar surface area (TPSA) is 57.5 Å². The smallest absolute Gasteiger partial charge is 0.174 e. The van der Waals surface area contributed by atoms with Gasteiger partial charge in [-0.1, -0.05) is 76.6 Å². The van der Waals surface area contributed by atoms with Gasteiger partial charge in [0.25, 0.3) is 0 Å². The third-order valence-electron chi connectivity index (χ3n) is 3.89. The summed E-state index contributed by atoms with van der Waals surface area (Å²) in [6, 6.07) is 22.5. The predicted molar refractivity (Wildman–Crippen MR) is 101 cm³/mol. The first-order valence-electron chi connectivity index (χ1n) is 7.41. The summed E-state index contributed by atoms with van der Waals surface area (Å²) in [4.78, 5) is 0. The summed E-state index contributed by atoms with van der Waals surface area (Å²) in [7, 11) is -3.41. The van der Waals surface area contributed by atoms with Crippen LogP contribution in [0.2, 0.25) is 0 Å². The third kappa shape index (κ3) is 3.05. The second-order valence-electron chi connectivity index (χ2n) is 5.41. The maximum atomic E-state index is 14.0. The number of aliphatic hydroxyl groups excluding tert-OH is 1. The Labute approximate surface area is 149 Å². The SMILES string of the molecule is O=P(c1ccccc1)(c1ccccc1)[C@H](O)c1cc(Br)ccc1O. The molecule has 0 aliphatic carbocycles. The summed E-state index contributed by atoms with van der Waals surface area (Å²) < 4.78 is 14.7. The van der Waals surface area contributed by atoms with Gasteiger partial charge in [0.05, 0.1) is 0 Å². The van der Waals surface area contributed by atoms with Crippen LogP contribution in [0.3, 0.4) is 0 Å². The van der Waals surface area contributed by atoms with E-state index in [0.717, 1.165) is 0 Å². The zero-order valence-electron chi connectivity index (χ0n) is 12.7. The highest BCUT2D eigenvalue weighted by Gasteiger charge is 2.37. The molecule has 0 heterocycles. The van der Waals surface area contributed by atoms with E-state index in [1.807, 2.05) is 12.1 Å². The van der Waals surface area contributed by atoms with E-state index in [9.17, 15) is 14.8 Å². The highest BCUT2D eigenvalue weighted by atomic mass is 79.9. The molecule has 0 radical (unpaired) electrons. The van der Waals surface area contributed by atoms with E-state index < -0.39 is 13.0 Å². The van der Waals surface area contributed by atoms with Crippen LogP contribution in [0, 0.1) is 0 Å². The Morgan fingerprint density at radius 3 is 1.83 bits per heavy atom. The number of hydrogen-bond acceptors (Lipinski definition) is 3. The van der Waals surface area contributed by atoms with Crippen molar-refractivity contribution < 1.29 is 14.8 Å². The zero-order chi connectivity index (χ0) is 17.2. The molecule has 0 aliphatic heterocycles. The van der Waals surface area contributed by atoms with Crippen LogP contribution < -0.4 is 10.6 Å². The van der Waals surface area contributed by atoms with Gasteiger partial charge in [0.1, 0.15) is 11.6 Å². The zero-order valence-corrected chi connectivity index (χ0v) is 15.2. The van der Waals surface area contributed by atoms with Crippen LogP contribution in [0.15, 0.2) is 83.3 Å². The molecule has 0 saturated carbocycles. The highest BCUT2D eigenvalue weighted by Crippen LogP contribution is 2.57. The second kappa shape index (κ2) is 6.94. The predicted octanol–water partition coefficient (Wildman–Crippen LogP) is 4.16. The first kappa shape index (κ1) is 17.0. The summed E-state index contributed by atoms with van der Waals surface area (Å²) in [5, 5.41) is 22.3. The van der Waals surface area contributed by atoms with Gasteiger partial charge in [-0.2, -0.15) is 0 Å². The number of aliphatic hydroxyl groups is 1. The van der Waals surface area contributed by atoms with Crippen LogP contribution >= 0.6 is 23.1 Å². The van der Waals surface area contributed by atoms with Crippen LogP contribution in [-0.2, 0) is 4.57 Å². The Morgan fingerprint density at radius 1 is 0.833 bits per heavy atom. The molecule has 5 heteroatoms. The molecule has 0 spiro atoms. The molecular formula is C19H16BrO3P. The van der Waals surface area contributed by atoms with E-state index >= 15 is 0 Å². The standard InChI is InChI=1S/C19H16BrO3P/c20-14-11-12-18(21)17(13-14)19(22)24(23,15-7-3-1-4-8-15)16-9-5-2-6-10-16/h1-13,19,21-22H/t19-/m0/s1. The van der Waals surface area contributed by atoms with Crippen LogP contribution in [0.5, 0.6) is 5.75 Å². The number of rotatable bonds is 4. The molecule has 0 unspecified atom stereocenters. The van der Waals surface area contributed by atoms with Crippen molar-refractivity contribution in [3.63, 3.8) is 0 Å². The molecule has 0 amide bonds. The molecule has 0 fully saturated rings. The normalized spacial score (nSPS) is 12.8. The van der Waals surface area contributed by atoms with Gasteiger partial charge in [-0.25, -0.2) is 0 Å². The maximum absolute atomic E-state index is 14.0. The lowest BCUT2D eigenvalue weighted by Crippen LogP contribution is -2.21. The van der Waals surface area contributed by atoms with Gasteiger partial charge in [0.2, 0.25) is 0 Å². The van der Waals surface area contributed by atoms with Crippen molar-refractivity contribution in [2.45, 2.75) is 5.85 Å². The van der Waals surface area contributed by atoms with Gasteiger partial charge >= 0.3 is 0 Å². The third-order valence-corrected chi connectivity index (χ3v) is 7.48. The Kier molecular flexibility index (Phi) is 4.91. The van der Waals surface area contributed by atoms with Gasteiger partial charge in [0.15, 0.2) is 7.14 Å². The number of phenols is 1. The van der Waals surface area contributed by atoms with E-state index in [2.05, 4.69) is 15.9 Å².